The van der Waals surface area contributed by atoms with Gasteiger partial charge < -0.3 is 16.4 Å². The van der Waals surface area contributed by atoms with Gasteiger partial charge in [-0.3, -0.25) is 4.79 Å². The summed E-state index contributed by atoms with van der Waals surface area (Å²) in [5.74, 6) is -0.0245. The third-order valence-electron chi connectivity index (χ3n) is 2.33. The Morgan fingerprint density at radius 2 is 2.13 bits per heavy atom. The lowest BCUT2D eigenvalue weighted by Gasteiger charge is -2.16. The number of nitrogen functional groups attached to an aromatic ring is 1. The topological polar surface area (TPSA) is 72.3 Å². The molecule has 0 heterocycles. The van der Waals surface area contributed by atoms with Crippen LogP contribution in [-0.2, 0) is 0 Å². The summed E-state index contributed by atoms with van der Waals surface area (Å²) in [4.78, 5) is 13.4. The Hall–Kier alpha value is -1.55. The molecule has 82 valence electrons. The van der Waals surface area contributed by atoms with Crippen molar-refractivity contribution in [2.75, 3.05) is 25.9 Å². The fourth-order valence-electron chi connectivity index (χ4n) is 1.32. The van der Waals surface area contributed by atoms with E-state index in [2.05, 4.69) is 0 Å². The summed E-state index contributed by atoms with van der Waals surface area (Å²) in [5.41, 5.74) is 13.3. The van der Waals surface area contributed by atoms with Crippen LogP contribution in [0.5, 0.6) is 0 Å². The van der Waals surface area contributed by atoms with Crippen LogP contribution in [0.4, 0.5) is 5.69 Å². The maximum atomic E-state index is 11.8. The minimum absolute atomic E-state index is 0.0245. The van der Waals surface area contributed by atoms with E-state index < -0.39 is 0 Å². The summed E-state index contributed by atoms with van der Waals surface area (Å²) in [6.45, 7) is 2.91. The summed E-state index contributed by atoms with van der Waals surface area (Å²) in [6, 6.07) is 5.28. The molecule has 4 heteroatoms. The van der Waals surface area contributed by atoms with Gasteiger partial charge in [0, 0.05) is 31.4 Å². The van der Waals surface area contributed by atoms with Crippen LogP contribution in [0.2, 0.25) is 0 Å². The van der Waals surface area contributed by atoms with Gasteiger partial charge in [-0.25, -0.2) is 0 Å². The lowest BCUT2D eigenvalue weighted by Crippen LogP contribution is -2.31. The molecular weight excluding hydrogens is 190 g/mol. The number of nitrogens with two attached hydrogens (primary N) is 2. The van der Waals surface area contributed by atoms with Crippen LogP contribution in [0.15, 0.2) is 18.2 Å². The van der Waals surface area contributed by atoms with Crippen molar-refractivity contribution in [1.29, 1.82) is 0 Å². The molecule has 4 nitrogen and oxygen atoms in total. The SMILES string of the molecule is Cc1cc(C(=O)N(C)CCN)ccc1N. The van der Waals surface area contributed by atoms with Crippen LogP contribution in [-0.4, -0.2) is 30.9 Å². The summed E-state index contributed by atoms with van der Waals surface area (Å²) in [5, 5.41) is 0. The van der Waals surface area contributed by atoms with Gasteiger partial charge >= 0.3 is 0 Å². The lowest BCUT2D eigenvalue weighted by molar-refractivity contribution is 0.0799. The van der Waals surface area contributed by atoms with Gasteiger partial charge in [0.15, 0.2) is 0 Å². The molecule has 0 unspecified atom stereocenters. The van der Waals surface area contributed by atoms with Crippen molar-refractivity contribution in [2.24, 2.45) is 5.73 Å². The summed E-state index contributed by atoms with van der Waals surface area (Å²) in [7, 11) is 1.74. The van der Waals surface area contributed by atoms with Crippen molar-refractivity contribution in [1.82, 2.24) is 4.90 Å². The second kappa shape index (κ2) is 4.79. The van der Waals surface area contributed by atoms with Gasteiger partial charge in [-0.15, -0.1) is 0 Å². The van der Waals surface area contributed by atoms with Gasteiger partial charge in [-0.1, -0.05) is 0 Å². The smallest absolute Gasteiger partial charge is 0.253 e. The first-order valence-corrected chi connectivity index (χ1v) is 4.88. The fourth-order valence-corrected chi connectivity index (χ4v) is 1.32. The van der Waals surface area contributed by atoms with Gasteiger partial charge in [0.05, 0.1) is 0 Å². The van der Waals surface area contributed by atoms with Gasteiger partial charge in [0.1, 0.15) is 0 Å². The molecule has 1 aromatic rings. The third kappa shape index (κ3) is 2.70. The van der Waals surface area contributed by atoms with Crippen LogP contribution >= 0.6 is 0 Å². The number of hydrogen-bond donors (Lipinski definition) is 2. The molecule has 4 N–H and O–H groups in total. The van der Waals surface area contributed by atoms with E-state index in [9.17, 15) is 4.79 Å². The maximum absolute atomic E-state index is 11.8. The molecule has 15 heavy (non-hydrogen) atoms. The molecule has 0 aliphatic heterocycles. The van der Waals surface area contributed by atoms with E-state index in [4.69, 9.17) is 11.5 Å². The Morgan fingerprint density at radius 3 is 2.67 bits per heavy atom. The van der Waals surface area contributed by atoms with Crippen molar-refractivity contribution in [2.45, 2.75) is 6.92 Å². The Balaban J connectivity index is 2.87. The Morgan fingerprint density at radius 1 is 1.47 bits per heavy atom. The second-order valence-corrected chi connectivity index (χ2v) is 3.59. The first-order chi connectivity index (χ1) is 7.06. The summed E-state index contributed by atoms with van der Waals surface area (Å²) >= 11 is 0. The quantitative estimate of drug-likeness (QED) is 0.713. The van der Waals surface area contributed by atoms with E-state index in [0.717, 1.165) is 5.56 Å². The molecule has 1 amide bonds. The van der Waals surface area contributed by atoms with Crippen LogP contribution < -0.4 is 11.5 Å². The van der Waals surface area contributed by atoms with Crippen LogP contribution in [0.1, 0.15) is 15.9 Å². The number of rotatable bonds is 3. The number of anilines is 1. The molecular formula is C11H17N3O. The highest BCUT2D eigenvalue weighted by atomic mass is 16.2. The normalized spacial score (nSPS) is 10.1. The van der Waals surface area contributed by atoms with Crippen LogP contribution in [0, 0.1) is 6.92 Å². The van der Waals surface area contributed by atoms with Gasteiger partial charge in [-0.05, 0) is 30.7 Å². The zero-order valence-corrected chi connectivity index (χ0v) is 9.16. The summed E-state index contributed by atoms with van der Waals surface area (Å²) < 4.78 is 0. The molecule has 0 fully saturated rings. The number of likely N-dealkylation sites (N-methyl/N-ethyl adjacent to an activating group) is 1. The van der Waals surface area contributed by atoms with Crippen LogP contribution in [0.3, 0.4) is 0 Å². The first kappa shape index (κ1) is 11.5. The molecule has 0 atom stereocenters. The largest absolute Gasteiger partial charge is 0.399 e. The Bertz CT molecular complexity index is 363. The molecule has 0 spiro atoms. The number of hydrogen-bond acceptors (Lipinski definition) is 3. The van der Waals surface area contributed by atoms with Gasteiger partial charge in [0.2, 0.25) is 0 Å². The third-order valence-corrected chi connectivity index (χ3v) is 2.33. The molecule has 1 aromatic carbocycles. The monoisotopic (exact) mass is 207 g/mol. The zero-order valence-electron chi connectivity index (χ0n) is 9.16. The molecule has 0 saturated heterocycles. The molecule has 0 saturated carbocycles. The van der Waals surface area contributed by atoms with Crippen molar-refractivity contribution in [3.8, 4) is 0 Å². The number of nitrogens with zero attached hydrogens (tertiary/aromatic N) is 1. The van der Waals surface area contributed by atoms with Gasteiger partial charge in [-0.2, -0.15) is 0 Å². The zero-order chi connectivity index (χ0) is 11.4. The van der Waals surface area contributed by atoms with E-state index in [1.54, 1.807) is 30.1 Å². The standard InChI is InChI=1S/C11H17N3O/c1-8-7-9(3-4-10(8)13)11(15)14(2)6-5-12/h3-4,7H,5-6,12-13H2,1-2H3. The molecule has 0 aromatic heterocycles. The molecule has 0 aliphatic rings. The molecule has 0 bridgehead atoms. The first-order valence-electron chi connectivity index (χ1n) is 4.88. The number of carbonyl (C=O) groups excluding carboxylic acids is 1. The maximum Gasteiger partial charge on any atom is 0.253 e. The molecule has 1 rings (SSSR count). The molecule has 0 aliphatic carbocycles. The highest BCUT2D eigenvalue weighted by Crippen LogP contribution is 2.13. The average molecular weight is 207 g/mol. The molecule has 0 radical (unpaired) electrons. The average Bonchev–Trinajstić information content (AvgIpc) is 2.21. The van der Waals surface area contributed by atoms with E-state index >= 15 is 0 Å². The van der Waals surface area contributed by atoms with Crippen molar-refractivity contribution >= 4 is 11.6 Å². The van der Waals surface area contributed by atoms with E-state index in [-0.39, 0.29) is 5.91 Å². The lowest BCUT2D eigenvalue weighted by atomic mass is 10.1. The van der Waals surface area contributed by atoms with Crippen molar-refractivity contribution in [3.05, 3.63) is 29.3 Å². The minimum atomic E-state index is -0.0245. The highest BCUT2D eigenvalue weighted by Gasteiger charge is 2.11. The predicted molar refractivity (Wildman–Crippen MR) is 61.6 cm³/mol. The number of benzene rings is 1. The van der Waals surface area contributed by atoms with Crippen molar-refractivity contribution in [3.63, 3.8) is 0 Å². The second-order valence-electron chi connectivity index (χ2n) is 3.59. The minimum Gasteiger partial charge on any atom is -0.399 e. The van der Waals surface area contributed by atoms with E-state index in [1.807, 2.05) is 6.92 Å². The summed E-state index contributed by atoms with van der Waals surface area (Å²) in [6.07, 6.45) is 0. The Labute approximate surface area is 89.9 Å². The number of carbonyl (C=O) groups is 1. The fraction of sp³-hybridized carbons (Fsp3) is 0.364. The number of amides is 1. The van der Waals surface area contributed by atoms with Crippen molar-refractivity contribution < 1.29 is 4.79 Å². The number of aryl methyl sites for hydroxylation is 1. The highest BCUT2D eigenvalue weighted by molar-refractivity contribution is 5.94. The predicted octanol–water partition coefficient (Wildman–Crippen LogP) is 0.608. The Kier molecular flexibility index (Phi) is 3.68. The van der Waals surface area contributed by atoms with Gasteiger partial charge in [0.25, 0.3) is 5.91 Å². The van der Waals surface area contributed by atoms with E-state index in [0.29, 0.717) is 24.3 Å². The van der Waals surface area contributed by atoms with Crippen LogP contribution in [0.25, 0.3) is 0 Å². The van der Waals surface area contributed by atoms with E-state index in [1.165, 1.54) is 0 Å².